The number of benzene rings is 2. The molecule has 2 heterocycles. The van der Waals surface area contributed by atoms with Crippen LogP contribution in [0.2, 0.25) is 0 Å². The minimum Gasteiger partial charge on any atom is -0.298 e. The van der Waals surface area contributed by atoms with Gasteiger partial charge in [-0.05, 0) is 31.2 Å². The van der Waals surface area contributed by atoms with Crippen LogP contribution in [0, 0.1) is 5.82 Å². The maximum Gasteiger partial charge on any atom is 0.127 e. The summed E-state index contributed by atoms with van der Waals surface area (Å²) in [6.07, 6.45) is 1.11. The molecular weight excluding hydrogens is 295 g/mol. The second-order valence-corrected chi connectivity index (χ2v) is 6.89. The van der Waals surface area contributed by atoms with Crippen molar-refractivity contribution in [2.75, 3.05) is 13.1 Å². The van der Waals surface area contributed by atoms with Gasteiger partial charge in [0, 0.05) is 24.6 Å². The van der Waals surface area contributed by atoms with Gasteiger partial charge in [-0.15, -0.1) is 11.3 Å². The van der Waals surface area contributed by atoms with Crippen molar-refractivity contribution < 1.29 is 4.39 Å². The molecule has 0 spiro atoms. The number of aromatic nitrogens is 1. The molecule has 0 radical (unpaired) electrons. The molecular formula is C18H17FN2S. The molecule has 1 unspecified atom stereocenters. The lowest BCUT2D eigenvalue weighted by atomic mass is 10.1. The standard InChI is InChI=1S/C18H17FN2S/c19-15-6-2-1-5-13(15)11-21-10-9-14(12-21)18-20-16-7-3-4-8-17(16)22-18/h1-8,14H,9-12H2. The Kier molecular flexibility index (Phi) is 3.64. The number of fused-ring (bicyclic) bond motifs is 1. The molecule has 1 fully saturated rings. The Bertz CT molecular complexity index is 765. The third kappa shape index (κ3) is 2.64. The zero-order valence-corrected chi connectivity index (χ0v) is 13.0. The van der Waals surface area contributed by atoms with Gasteiger partial charge >= 0.3 is 0 Å². The van der Waals surface area contributed by atoms with Gasteiger partial charge in [0.15, 0.2) is 0 Å². The first-order valence-electron chi connectivity index (χ1n) is 7.61. The van der Waals surface area contributed by atoms with E-state index in [-0.39, 0.29) is 5.82 Å². The summed E-state index contributed by atoms with van der Waals surface area (Å²) in [7, 11) is 0. The monoisotopic (exact) mass is 312 g/mol. The van der Waals surface area contributed by atoms with Crippen molar-refractivity contribution in [2.45, 2.75) is 18.9 Å². The number of nitrogens with zero attached hydrogens (tertiary/aromatic N) is 2. The predicted octanol–water partition coefficient (Wildman–Crippen LogP) is 4.42. The van der Waals surface area contributed by atoms with Crippen LogP contribution in [0.5, 0.6) is 0 Å². The number of thiazole rings is 1. The number of para-hydroxylation sites is 1. The van der Waals surface area contributed by atoms with Gasteiger partial charge in [0.2, 0.25) is 0 Å². The van der Waals surface area contributed by atoms with Crippen molar-refractivity contribution >= 4 is 21.6 Å². The van der Waals surface area contributed by atoms with E-state index >= 15 is 0 Å². The maximum atomic E-state index is 13.8. The Morgan fingerprint density at radius 1 is 1.14 bits per heavy atom. The van der Waals surface area contributed by atoms with Gasteiger partial charge in [-0.3, -0.25) is 4.90 Å². The van der Waals surface area contributed by atoms with Crippen molar-refractivity contribution in [1.82, 2.24) is 9.88 Å². The molecule has 0 N–H and O–H groups in total. The zero-order valence-electron chi connectivity index (χ0n) is 12.2. The minimum atomic E-state index is -0.106. The SMILES string of the molecule is Fc1ccccc1CN1CCC(c2nc3ccccc3s2)C1. The lowest BCUT2D eigenvalue weighted by Crippen LogP contribution is -2.20. The molecule has 1 aliphatic heterocycles. The molecule has 112 valence electrons. The summed E-state index contributed by atoms with van der Waals surface area (Å²) < 4.78 is 15.0. The van der Waals surface area contributed by atoms with Gasteiger partial charge in [0.05, 0.1) is 15.2 Å². The predicted molar refractivity (Wildman–Crippen MR) is 88.7 cm³/mol. The third-order valence-corrected chi connectivity index (χ3v) is 5.48. The summed E-state index contributed by atoms with van der Waals surface area (Å²) in [6.45, 7) is 2.66. The van der Waals surface area contributed by atoms with E-state index in [0.717, 1.165) is 30.6 Å². The van der Waals surface area contributed by atoms with Crippen LogP contribution in [-0.4, -0.2) is 23.0 Å². The van der Waals surface area contributed by atoms with Gasteiger partial charge in [0.25, 0.3) is 0 Å². The number of halogens is 1. The summed E-state index contributed by atoms with van der Waals surface area (Å²) in [5.41, 5.74) is 1.88. The zero-order chi connectivity index (χ0) is 14.9. The van der Waals surface area contributed by atoms with Gasteiger partial charge < -0.3 is 0 Å². The van der Waals surface area contributed by atoms with Gasteiger partial charge in [-0.25, -0.2) is 9.37 Å². The van der Waals surface area contributed by atoms with Gasteiger partial charge in [0.1, 0.15) is 5.82 Å². The Morgan fingerprint density at radius 3 is 2.82 bits per heavy atom. The van der Waals surface area contributed by atoms with E-state index in [1.807, 2.05) is 18.2 Å². The second kappa shape index (κ2) is 5.78. The molecule has 22 heavy (non-hydrogen) atoms. The Morgan fingerprint density at radius 2 is 1.95 bits per heavy atom. The summed E-state index contributed by atoms with van der Waals surface area (Å²) in [4.78, 5) is 7.10. The van der Waals surface area contributed by atoms with E-state index < -0.39 is 0 Å². The fraction of sp³-hybridized carbons (Fsp3) is 0.278. The van der Waals surface area contributed by atoms with Crippen molar-refractivity contribution in [3.05, 3.63) is 64.9 Å². The molecule has 2 aromatic carbocycles. The van der Waals surface area contributed by atoms with Crippen LogP contribution in [-0.2, 0) is 6.54 Å². The summed E-state index contributed by atoms with van der Waals surface area (Å²) in [5.74, 6) is 0.370. The minimum absolute atomic E-state index is 0.106. The number of rotatable bonds is 3. The molecule has 1 aliphatic rings. The van der Waals surface area contributed by atoms with Crippen molar-refractivity contribution in [2.24, 2.45) is 0 Å². The molecule has 4 heteroatoms. The first kappa shape index (κ1) is 13.9. The first-order chi connectivity index (χ1) is 10.8. The number of likely N-dealkylation sites (tertiary alicyclic amines) is 1. The second-order valence-electron chi connectivity index (χ2n) is 5.83. The lowest BCUT2D eigenvalue weighted by Gasteiger charge is -2.15. The normalized spacial score (nSPS) is 19.0. The number of hydrogen-bond donors (Lipinski definition) is 0. The molecule has 4 rings (SSSR count). The molecule has 2 nitrogen and oxygen atoms in total. The Hall–Kier alpha value is -1.78. The smallest absolute Gasteiger partial charge is 0.127 e. The van der Waals surface area contributed by atoms with Crippen LogP contribution in [0.3, 0.4) is 0 Å². The highest BCUT2D eigenvalue weighted by Gasteiger charge is 2.26. The quantitative estimate of drug-likeness (QED) is 0.711. The van der Waals surface area contributed by atoms with Crippen LogP contribution in [0.4, 0.5) is 4.39 Å². The fourth-order valence-corrected chi connectivity index (χ4v) is 4.20. The molecule has 0 bridgehead atoms. The van der Waals surface area contributed by atoms with Gasteiger partial charge in [-0.2, -0.15) is 0 Å². The van der Waals surface area contributed by atoms with Crippen molar-refractivity contribution in [3.63, 3.8) is 0 Å². The highest BCUT2D eigenvalue weighted by atomic mass is 32.1. The molecule has 1 atom stereocenters. The van der Waals surface area contributed by atoms with E-state index in [1.54, 1.807) is 17.4 Å². The average molecular weight is 312 g/mol. The van der Waals surface area contributed by atoms with E-state index in [9.17, 15) is 4.39 Å². The summed E-state index contributed by atoms with van der Waals surface area (Å²) in [5, 5.41) is 1.22. The van der Waals surface area contributed by atoms with Crippen LogP contribution in [0.1, 0.15) is 22.9 Å². The van der Waals surface area contributed by atoms with Crippen molar-refractivity contribution in [1.29, 1.82) is 0 Å². The average Bonchev–Trinajstić information content (AvgIpc) is 3.15. The van der Waals surface area contributed by atoms with Crippen LogP contribution >= 0.6 is 11.3 Å². The van der Waals surface area contributed by atoms with Crippen LogP contribution in [0.25, 0.3) is 10.2 Å². The summed E-state index contributed by atoms with van der Waals surface area (Å²) >= 11 is 1.79. The maximum absolute atomic E-state index is 13.8. The topological polar surface area (TPSA) is 16.1 Å². The molecule has 0 aliphatic carbocycles. The molecule has 3 aromatic rings. The first-order valence-corrected chi connectivity index (χ1v) is 8.42. The largest absolute Gasteiger partial charge is 0.298 e. The molecule has 1 aromatic heterocycles. The number of hydrogen-bond acceptors (Lipinski definition) is 3. The lowest BCUT2D eigenvalue weighted by molar-refractivity contribution is 0.321. The fourth-order valence-electron chi connectivity index (χ4n) is 3.11. The third-order valence-electron chi connectivity index (χ3n) is 4.28. The van der Waals surface area contributed by atoms with E-state index in [1.165, 1.54) is 15.8 Å². The van der Waals surface area contributed by atoms with E-state index in [4.69, 9.17) is 4.98 Å². The Labute approximate surface area is 133 Å². The van der Waals surface area contributed by atoms with Crippen molar-refractivity contribution in [3.8, 4) is 0 Å². The highest BCUT2D eigenvalue weighted by Crippen LogP contribution is 2.33. The molecule has 0 saturated carbocycles. The van der Waals surface area contributed by atoms with Crippen LogP contribution < -0.4 is 0 Å². The molecule has 0 amide bonds. The highest BCUT2D eigenvalue weighted by molar-refractivity contribution is 7.18. The van der Waals surface area contributed by atoms with Gasteiger partial charge in [-0.1, -0.05) is 30.3 Å². The van der Waals surface area contributed by atoms with Crippen LogP contribution in [0.15, 0.2) is 48.5 Å². The summed E-state index contributed by atoms with van der Waals surface area (Å²) in [6, 6.07) is 15.3. The Balaban J connectivity index is 1.49. The van der Waals surface area contributed by atoms with E-state index in [2.05, 4.69) is 23.1 Å². The molecule has 1 saturated heterocycles. The van der Waals surface area contributed by atoms with E-state index in [0.29, 0.717) is 12.5 Å².